The van der Waals surface area contributed by atoms with Gasteiger partial charge >= 0.3 is 0 Å². The van der Waals surface area contributed by atoms with Gasteiger partial charge in [0.1, 0.15) is 5.82 Å². The molecule has 1 unspecified atom stereocenters. The molecule has 0 radical (unpaired) electrons. The number of carbonyl (C=O) groups excluding carboxylic acids is 1. The first-order valence-corrected chi connectivity index (χ1v) is 12.1. The Morgan fingerprint density at radius 1 is 1.00 bits per heavy atom. The summed E-state index contributed by atoms with van der Waals surface area (Å²) in [4.78, 5) is 17.0. The lowest BCUT2D eigenvalue weighted by atomic mass is 10.1. The number of benzene rings is 2. The summed E-state index contributed by atoms with van der Waals surface area (Å²) in [6, 6.07) is 13.8. The predicted octanol–water partition coefficient (Wildman–Crippen LogP) is 2.28. The van der Waals surface area contributed by atoms with Gasteiger partial charge in [-0.1, -0.05) is 30.3 Å². The van der Waals surface area contributed by atoms with Crippen LogP contribution in [0.25, 0.3) is 0 Å². The highest BCUT2D eigenvalue weighted by Gasteiger charge is 2.38. The third-order valence-corrected chi connectivity index (χ3v) is 8.16. The van der Waals surface area contributed by atoms with Gasteiger partial charge in [-0.3, -0.25) is 9.69 Å². The number of rotatable bonds is 6. The summed E-state index contributed by atoms with van der Waals surface area (Å²) in [7, 11) is -3.67. The van der Waals surface area contributed by atoms with Crippen molar-refractivity contribution in [1.82, 2.24) is 14.1 Å². The van der Waals surface area contributed by atoms with Gasteiger partial charge in [0.25, 0.3) is 0 Å². The second-order valence-corrected chi connectivity index (χ2v) is 10.2. The molecule has 0 N–H and O–H groups in total. The predicted molar refractivity (Wildman–Crippen MR) is 117 cm³/mol. The van der Waals surface area contributed by atoms with Crippen LogP contribution in [0.1, 0.15) is 17.5 Å². The Morgan fingerprint density at radius 3 is 2.39 bits per heavy atom. The van der Waals surface area contributed by atoms with Crippen LogP contribution in [0.15, 0.2) is 53.4 Å². The van der Waals surface area contributed by atoms with Crippen molar-refractivity contribution < 1.29 is 17.6 Å². The first kappa shape index (κ1) is 21.9. The molecule has 2 heterocycles. The molecule has 8 heteroatoms. The molecule has 166 valence electrons. The van der Waals surface area contributed by atoms with Crippen LogP contribution >= 0.6 is 0 Å². The highest BCUT2D eigenvalue weighted by molar-refractivity contribution is 7.89. The third kappa shape index (κ3) is 4.66. The maximum absolute atomic E-state index is 13.5. The van der Waals surface area contributed by atoms with Crippen molar-refractivity contribution in [2.45, 2.75) is 30.7 Å². The normalized spacial score (nSPS) is 21.0. The van der Waals surface area contributed by atoms with E-state index in [9.17, 15) is 17.6 Å². The third-order valence-electron chi connectivity index (χ3n) is 6.26. The van der Waals surface area contributed by atoms with Crippen LogP contribution in [0.4, 0.5) is 4.39 Å². The van der Waals surface area contributed by atoms with Crippen molar-refractivity contribution >= 4 is 15.9 Å². The summed E-state index contributed by atoms with van der Waals surface area (Å²) < 4.78 is 40.8. The molecular weight excluding hydrogens is 417 g/mol. The van der Waals surface area contributed by atoms with Gasteiger partial charge in [-0.25, -0.2) is 12.8 Å². The molecule has 1 amide bonds. The van der Waals surface area contributed by atoms with Gasteiger partial charge in [0, 0.05) is 39.3 Å². The number of hydrogen-bond donors (Lipinski definition) is 0. The summed E-state index contributed by atoms with van der Waals surface area (Å²) in [5, 5.41) is 0. The Kier molecular flexibility index (Phi) is 6.41. The van der Waals surface area contributed by atoms with Gasteiger partial charge in [-0.05, 0) is 49.1 Å². The van der Waals surface area contributed by atoms with Crippen molar-refractivity contribution in [3.05, 3.63) is 65.5 Å². The molecule has 0 aromatic heterocycles. The van der Waals surface area contributed by atoms with Gasteiger partial charge in [-0.15, -0.1) is 0 Å². The largest absolute Gasteiger partial charge is 0.341 e. The Labute approximate surface area is 183 Å². The van der Waals surface area contributed by atoms with E-state index >= 15 is 0 Å². The molecule has 1 atom stereocenters. The topological polar surface area (TPSA) is 60.9 Å². The van der Waals surface area contributed by atoms with E-state index in [-0.39, 0.29) is 16.8 Å². The molecule has 2 aliphatic rings. The Bertz CT molecular complexity index is 1040. The molecular formula is C23H28FN3O3S. The van der Waals surface area contributed by atoms with E-state index in [2.05, 4.69) is 17.0 Å². The summed E-state index contributed by atoms with van der Waals surface area (Å²) in [5.74, 6) is -0.276. The van der Waals surface area contributed by atoms with E-state index < -0.39 is 15.8 Å². The second-order valence-electron chi connectivity index (χ2n) is 8.22. The maximum atomic E-state index is 13.5. The first-order chi connectivity index (χ1) is 14.9. The molecule has 0 spiro atoms. The first-order valence-electron chi connectivity index (χ1n) is 10.7. The number of likely N-dealkylation sites (tertiary alicyclic amines) is 1. The van der Waals surface area contributed by atoms with Crippen LogP contribution in [-0.4, -0.2) is 73.7 Å². The Balaban J connectivity index is 1.33. The molecule has 0 bridgehead atoms. The molecule has 2 aromatic rings. The highest BCUT2D eigenvalue weighted by atomic mass is 32.2. The fraction of sp³-hybridized carbons (Fsp3) is 0.435. The molecule has 2 fully saturated rings. The number of aryl methyl sites for hydroxylation is 1. The number of piperazine rings is 1. The van der Waals surface area contributed by atoms with Crippen molar-refractivity contribution in [3.63, 3.8) is 0 Å². The molecule has 2 aromatic carbocycles. The van der Waals surface area contributed by atoms with Crippen LogP contribution in [0, 0.1) is 12.7 Å². The van der Waals surface area contributed by atoms with Crippen LogP contribution in [0.5, 0.6) is 0 Å². The standard InChI is InChI=1S/C23H28FN3O3S/c1-18-17-20(7-8-21(18)24)31(29,30)27-15-13-25(14-16-27)22-10-12-26(23(22)28)11-9-19-5-3-2-4-6-19/h2-8,17,22H,9-16H2,1H3. The zero-order valence-electron chi connectivity index (χ0n) is 17.7. The lowest BCUT2D eigenvalue weighted by Gasteiger charge is -2.36. The summed E-state index contributed by atoms with van der Waals surface area (Å²) in [6.45, 7) is 4.69. The van der Waals surface area contributed by atoms with Gasteiger partial charge < -0.3 is 4.90 Å². The minimum atomic E-state index is -3.67. The number of nitrogens with zero attached hydrogens (tertiary/aromatic N) is 3. The van der Waals surface area contributed by atoms with Gasteiger partial charge in [-0.2, -0.15) is 4.31 Å². The van der Waals surface area contributed by atoms with E-state index in [4.69, 9.17) is 0 Å². The van der Waals surface area contributed by atoms with Crippen LogP contribution in [0.2, 0.25) is 0 Å². The maximum Gasteiger partial charge on any atom is 0.243 e. The fourth-order valence-electron chi connectivity index (χ4n) is 4.37. The Hall–Kier alpha value is -2.29. The highest BCUT2D eigenvalue weighted by Crippen LogP contribution is 2.23. The van der Waals surface area contributed by atoms with E-state index in [1.807, 2.05) is 23.1 Å². The van der Waals surface area contributed by atoms with Crippen molar-refractivity contribution in [1.29, 1.82) is 0 Å². The lowest BCUT2D eigenvalue weighted by Crippen LogP contribution is -2.53. The number of carbonyl (C=O) groups is 1. The fourth-order valence-corrected chi connectivity index (χ4v) is 5.88. The van der Waals surface area contributed by atoms with E-state index in [1.54, 1.807) is 6.92 Å². The quantitative estimate of drug-likeness (QED) is 0.685. The average Bonchev–Trinajstić information content (AvgIpc) is 3.15. The molecule has 4 rings (SSSR count). The van der Waals surface area contributed by atoms with Crippen LogP contribution < -0.4 is 0 Å². The summed E-state index contributed by atoms with van der Waals surface area (Å²) >= 11 is 0. The van der Waals surface area contributed by atoms with Crippen molar-refractivity contribution in [3.8, 4) is 0 Å². The zero-order valence-corrected chi connectivity index (χ0v) is 18.5. The molecule has 2 saturated heterocycles. The lowest BCUT2D eigenvalue weighted by molar-refractivity contribution is -0.132. The van der Waals surface area contributed by atoms with Gasteiger partial charge in [0.15, 0.2) is 0 Å². The van der Waals surface area contributed by atoms with E-state index in [0.29, 0.717) is 38.3 Å². The SMILES string of the molecule is Cc1cc(S(=O)(=O)N2CCN(C3CCN(CCc4ccccc4)C3=O)CC2)ccc1F. The van der Waals surface area contributed by atoms with E-state index in [0.717, 1.165) is 19.4 Å². The number of sulfonamides is 1. The van der Waals surface area contributed by atoms with Crippen LogP contribution in [-0.2, 0) is 21.2 Å². The number of hydrogen-bond acceptors (Lipinski definition) is 4. The molecule has 6 nitrogen and oxygen atoms in total. The van der Waals surface area contributed by atoms with Crippen molar-refractivity contribution in [2.75, 3.05) is 39.3 Å². The smallest absolute Gasteiger partial charge is 0.243 e. The Morgan fingerprint density at radius 2 is 1.71 bits per heavy atom. The number of halogens is 1. The van der Waals surface area contributed by atoms with Gasteiger partial charge in [0.05, 0.1) is 10.9 Å². The van der Waals surface area contributed by atoms with Gasteiger partial charge in [0.2, 0.25) is 15.9 Å². The average molecular weight is 446 g/mol. The van der Waals surface area contributed by atoms with E-state index in [1.165, 1.54) is 28.1 Å². The summed E-state index contributed by atoms with van der Waals surface area (Å²) in [5.41, 5.74) is 1.53. The van der Waals surface area contributed by atoms with Crippen molar-refractivity contribution in [2.24, 2.45) is 0 Å². The number of amides is 1. The summed E-state index contributed by atoms with van der Waals surface area (Å²) in [6.07, 6.45) is 1.61. The van der Waals surface area contributed by atoms with Crippen LogP contribution in [0.3, 0.4) is 0 Å². The molecule has 31 heavy (non-hydrogen) atoms. The monoisotopic (exact) mass is 445 g/mol. The second kappa shape index (κ2) is 9.06. The zero-order chi connectivity index (χ0) is 22.0. The minimum Gasteiger partial charge on any atom is -0.341 e. The molecule has 0 aliphatic carbocycles. The molecule has 2 aliphatic heterocycles. The molecule has 0 saturated carbocycles. The minimum absolute atomic E-state index is 0.115.